The summed E-state index contributed by atoms with van der Waals surface area (Å²) < 4.78 is 8.52. The SMILES string of the molecule is CCn1c(=O)n(CCC(=O)Nc2ccccc2C(=O)NCc2ccco2)c2ccccc21. The van der Waals surface area contributed by atoms with Crippen molar-refractivity contribution in [1.29, 1.82) is 0 Å². The fourth-order valence-electron chi connectivity index (χ4n) is 3.69. The van der Waals surface area contributed by atoms with Gasteiger partial charge in [0.1, 0.15) is 5.76 Å². The average molecular weight is 432 g/mol. The van der Waals surface area contributed by atoms with Crippen LogP contribution in [-0.2, 0) is 24.4 Å². The second-order valence-electron chi connectivity index (χ2n) is 7.27. The Morgan fingerprint density at radius 3 is 2.38 bits per heavy atom. The number of amides is 2. The minimum absolute atomic E-state index is 0.0972. The van der Waals surface area contributed by atoms with Gasteiger partial charge in [-0.2, -0.15) is 0 Å². The number of benzene rings is 2. The molecule has 0 saturated heterocycles. The number of imidazole rings is 1. The number of carbonyl (C=O) groups is 2. The monoisotopic (exact) mass is 432 g/mol. The number of furan rings is 1. The highest BCUT2D eigenvalue weighted by molar-refractivity contribution is 6.03. The lowest BCUT2D eigenvalue weighted by atomic mass is 10.1. The van der Waals surface area contributed by atoms with Crippen LogP contribution in [0.25, 0.3) is 11.0 Å². The molecule has 4 aromatic rings. The van der Waals surface area contributed by atoms with E-state index in [0.29, 0.717) is 23.6 Å². The van der Waals surface area contributed by atoms with E-state index in [-0.39, 0.29) is 37.0 Å². The van der Waals surface area contributed by atoms with Gasteiger partial charge in [0.2, 0.25) is 5.91 Å². The van der Waals surface area contributed by atoms with E-state index >= 15 is 0 Å². The molecule has 164 valence electrons. The first-order chi connectivity index (χ1) is 15.6. The number of aromatic nitrogens is 2. The van der Waals surface area contributed by atoms with E-state index in [1.165, 1.54) is 0 Å². The maximum absolute atomic E-state index is 12.7. The lowest BCUT2D eigenvalue weighted by Crippen LogP contribution is -2.27. The van der Waals surface area contributed by atoms with Gasteiger partial charge in [0.25, 0.3) is 5.91 Å². The van der Waals surface area contributed by atoms with Crippen LogP contribution in [0.4, 0.5) is 5.69 Å². The Bertz CT molecular complexity index is 1300. The van der Waals surface area contributed by atoms with Crippen LogP contribution < -0.4 is 16.3 Å². The molecule has 2 heterocycles. The summed E-state index contributed by atoms with van der Waals surface area (Å²) in [6.45, 7) is 2.96. The maximum atomic E-state index is 12.7. The van der Waals surface area contributed by atoms with Crippen molar-refractivity contribution in [2.45, 2.75) is 33.0 Å². The molecule has 8 heteroatoms. The first-order valence-corrected chi connectivity index (χ1v) is 10.5. The largest absolute Gasteiger partial charge is 0.467 e. The van der Waals surface area contributed by atoms with E-state index in [9.17, 15) is 14.4 Å². The van der Waals surface area contributed by atoms with Gasteiger partial charge in [-0.15, -0.1) is 0 Å². The summed E-state index contributed by atoms with van der Waals surface area (Å²) in [5.74, 6) is 0.0348. The fraction of sp³-hybridized carbons (Fsp3) is 0.208. The lowest BCUT2D eigenvalue weighted by Gasteiger charge is -2.11. The van der Waals surface area contributed by atoms with E-state index in [2.05, 4.69) is 10.6 Å². The molecule has 0 spiro atoms. The summed E-state index contributed by atoms with van der Waals surface area (Å²) >= 11 is 0. The van der Waals surface area contributed by atoms with Crippen LogP contribution in [0.1, 0.15) is 29.5 Å². The van der Waals surface area contributed by atoms with E-state index in [0.717, 1.165) is 11.0 Å². The van der Waals surface area contributed by atoms with Crippen LogP contribution in [0, 0.1) is 0 Å². The molecule has 2 aromatic heterocycles. The third-order valence-corrected chi connectivity index (χ3v) is 5.25. The Kier molecular flexibility index (Phi) is 6.21. The number of hydrogen-bond acceptors (Lipinski definition) is 4. The van der Waals surface area contributed by atoms with Gasteiger partial charge in [0, 0.05) is 19.5 Å². The van der Waals surface area contributed by atoms with Crippen molar-refractivity contribution in [2.75, 3.05) is 5.32 Å². The molecule has 0 fully saturated rings. The molecule has 0 aliphatic rings. The summed E-state index contributed by atoms with van der Waals surface area (Å²) in [6, 6.07) is 17.9. The summed E-state index contributed by atoms with van der Waals surface area (Å²) in [5.41, 5.74) is 2.27. The Labute approximate surface area is 184 Å². The summed E-state index contributed by atoms with van der Waals surface area (Å²) in [4.78, 5) is 38.0. The summed E-state index contributed by atoms with van der Waals surface area (Å²) in [5, 5.41) is 5.58. The number of para-hydroxylation sites is 3. The van der Waals surface area contributed by atoms with E-state index < -0.39 is 0 Å². The molecule has 0 saturated carbocycles. The van der Waals surface area contributed by atoms with Gasteiger partial charge in [-0.05, 0) is 43.3 Å². The number of fused-ring (bicyclic) bond motifs is 1. The van der Waals surface area contributed by atoms with Gasteiger partial charge in [-0.1, -0.05) is 24.3 Å². The quantitative estimate of drug-likeness (QED) is 0.446. The molecule has 0 aliphatic carbocycles. The molecule has 0 bridgehead atoms. The predicted molar refractivity (Wildman–Crippen MR) is 121 cm³/mol. The molecule has 0 atom stereocenters. The van der Waals surface area contributed by atoms with Crippen molar-refractivity contribution in [1.82, 2.24) is 14.5 Å². The Morgan fingerprint density at radius 2 is 1.66 bits per heavy atom. The zero-order chi connectivity index (χ0) is 22.5. The first-order valence-electron chi connectivity index (χ1n) is 10.5. The molecule has 8 nitrogen and oxygen atoms in total. The fourth-order valence-corrected chi connectivity index (χ4v) is 3.69. The summed E-state index contributed by atoms with van der Waals surface area (Å²) in [6.07, 6.45) is 1.64. The molecule has 32 heavy (non-hydrogen) atoms. The number of anilines is 1. The minimum Gasteiger partial charge on any atom is -0.467 e. The van der Waals surface area contributed by atoms with Crippen LogP contribution in [0.5, 0.6) is 0 Å². The van der Waals surface area contributed by atoms with Crippen LogP contribution in [0.3, 0.4) is 0 Å². The highest BCUT2D eigenvalue weighted by Crippen LogP contribution is 2.17. The zero-order valence-electron chi connectivity index (χ0n) is 17.7. The molecular formula is C24H24N4O4. The molecule has 0 radical (unpaired) electrons. The Hall–Kier alpha value is -4.07. The van der Waals surface area contributed by atoms with E-state index in [4.69, 9.17) is 4.42 Å². The predicted octanol–water partition coefficient (Wildman–Crippen LogP) is 3.37. The van der Waals surface area contributed by atoms with Crippen molar-refractivity contribution >= 4 is 28.5 Å². The molecule has 0 aliphatic heterocycles. The smallest absolute Gasteiger partial charge is 0.329 e. The van der Waals surface area contributed by atoms with Crippen molar-refractivity contribution in [3.63, 3.8) is 0 Å². The first kappa shape index (κ1) is 21.2. The Morgan fingerprint density at radius 1 is 0.938 bits per heavy atom. The van der Waals surface area contributed by atoms with Gasteiger partial charge >= 0.3 is 5.69 Å². The standard InChI is InChI=1S/C24H24N4O4/c1-2-27-20-11-5-6-12-21(20)28(24(27)31)14-13-22(29)26-19-10-4-3-9-18(19)23(30)25-16-17-8-7-15-32-17/h3-12,15H,2,13-14,16H2,1H3,(H,25,30)(H,26,29). The van der Waals surface area contributed by atoms with Gasteiger partial charge in [-0.3, -0.25) is 18.7 Å². The van der Waals surface area contributed by atoms with E-state index in [1.807, 2.05) is 31.2 Å². The Balaban J connectivity index is 1.44. The molecule has 2 amide bonds. The molecule has 0 unspecified atom stereocenters. The number of carbonyl (C=O) groups excluding carboxylic acids is 2. The highest BCUT2D eigenvalue weighted by Gasteiger charge is 2.15. The lowest BCUT2D eigenvalue weighted by molar-refractivity contribution is -0.116. The third-order valence-electron chi connectivity index (χ3n) is 5.25. The second kappa shape index (κ2) is 9.38. The molecule has 2 N–H and O–H groups in total. The number of rotatable bonds is 8. The second-order valence-corrected chi connectivity index (χ2v) is 7.27. The van der Waals surface area contributed by atoms with Crippen LogP contribution in [-0.4, -0.2) is 20.9 Å². The molecular weight excluding hydrogens is 408 g/mol. The topological polar surface area (TPSA) is 98.3 Å². The van der Waals surface area contributed by atoms with Crippen molar-refractivity contribution in [3.05, 3.63) is 88.7 Å². The van der Waals surface area contributed by atoms with Crippen molar-refractivity contribution in [2.24, 2.45) is 0 Å². The number of nitrogens with zero attached hydrogens (tertiary/aromatic N) is 2. The number of aryl methyl sites for hydroxylation is 2. The van der Waals surface area contributed by atoms with Gasteiger partial charge < -0.3 is 15.1 Å². The third kappa shape index (κ3) is 4.34. The van der Waals surface area contributed by atoms with E-state index in [1.54, 1.807) is 51.8 Å². The van der Waals surface area contributed by atoms with Crippen molar-refractivity contribution < 1.29 is 14.0 Å². The van der Waals surface area contributed by atoms with Crippen LogP contribution >= 0.6 is 0 Å². The van der Waals surface area contributed by atoms with Gasteiger partial charge in [0.15, 0.2) is 0 Å². The zero-order valence-corrected chi connectivity index (χ0v) is 17.7. The maximum Gasteiger partial charge on any atom is 0.329 e. The molecule has 4 rings (SSSR count). The minimum atomic E-state index is -0.320. The summed E-state index contributed by atoms with van der Waals surface area (Å²) in [7, 11) is 0. The van der Waals surface area contributed by atoms with Gasteiger partial charge in [0.05, 0.1) is 35.1 Å². The average Bonchev–Trinajstić information content (AvgIpc) is 3.42. The van der Waals surface area contributed by atoms with Crippen molar-refractivity contribution in [3.8, 4) is 0 Å². The van der Waals surface area contributed by atoms with Gasteiger partial charge in [-0.25, -0.2) is 4.79 Å². The number of hydrogen-bond donors (Lipinski definition) is 2. The van der Waals surface area contributed by atoms with Crippen LogP contribution in [0.2, 0.25) is 0 Å². The number of nitrogens with one attached hydrogen (secondary N) is 2. The van der Waals surface area contributed by atoms with Crippen LogP contribution in [0.15, 0.2) is 76.1 Å². The normalized spacial score (nSPS) is 10.9. The highest BCUT2D eigenvalue weighted by atomic mass is 16.3. The molecule has 2 aromatic carbocycles.